The van der Waals surface area contributed by atoms with Gasteiger partial charge in [0, 0.05) is 0 Å². The SMILES string of the molecule is C1=C(c2ccccc2)CCCc2ccccc21. The van der Waals surface area contributed by atoms with Crippen LogP contribution in [0.1, 0.15) is 29.5 Å². The minimum absolute atomic E-state index is 1.18. The van der Waals surface area contributed by atoms with E-state index in [1.807, 2.05) is 0 Å². The minimum atomic E-state index is 1.18. The second-order valence-electron chi connectivity index (χ2n) is 4.59. The van der Waals surface area contributed by atoms with Crippen LogP contribution in [0.25, 0.3) is 11.6 Å². The number of hydrogen-bond donors (Lipinski definition) is 0. The van der Waals surface area contributed by atoms with E-state index in [1.54, 1.807) is 0 Å². The number of fused-ring (bicyclic) bond motifs is 1. The van der Waals surface area contributed by atoms with Crippen molar-refractivity contribution in [1.82, 2.24) is 0 Å². The van der Waals surface area contributed by atoms with Crippen LogP contribution in [0.5, 0.6) is 0 Å². The summed E-state index contributed by atoms with van der Waals surface area (Å²) < 4.78 is 0. The number of aryl methyl sites for hydroxylation is 1. The van der Waals surface area contributed by atoms with Crippen molar-refractivity contribution in [3.05, 3.63) is 71.3 Å². The maximum atomic E-state index is 2.36. The minimum Gasteiger partial charge on any atom is -0.0622 e. The zero-order valence-electron chi connectivity index (χ0n) is 9.89. The van der Waals surface area contributed by atoms with Gasteiger partial charge in [-0.05, 0) is 41.5 Å². The Kier molecular flexibility index (Phi) is 2.79. The van der Waals surface area contributed by atoms with Crippen LogP contribution in [0.3, 0.4) is 0 Å². The van der Waals surface area contributed by atoms with E-state index in [9.17, 15) is 0 Å². The predicted octanol–water partition coefficient (Wildman–Crippen LogP) is 4.56. The molecule has 2 aromatic carbocycles. The molecule has 3 rings (SSSR count). The molecule has 17 heavy (non-hydrogen) atoms. The van der Waals surface area contributed by atoms with E-state index in [1.165, 1.54) is 41.5 Å². The zero-order chi connectivity index (χ0) is 11.5. The smallest absolute Gasteiger partial charge is 0.0222 e. The van der Waals surface area contributed by atoms with Gasteiger partial charge in [0.15, 0.2) is 0 Å². The Labute approximate surface area is 103 Å². The molecule has 0 aliphatic heterocycles. The van der Waals surface area contributed by atoms with Gasteiger partial charge in [0.25, 0.3) is 0 Å². The summed E-state index contributed by atoms with van der Waals surface area (Å²) in [7, 11) is 0. The molecular formula is C17H16. The van der Waals surface area contributed by atoms with Crippen LogP contribution < -0.4 is 0 Å². The van der Waals surface area contributed by atoms with Crippen molar-refractivity contribution in [3.63, 3.8) is 0 Å². The van der Waals surface area contributed by atoms with Crippen LogP contribution in [0, 0.1) is 0 Å². The second-order valence-corrected chi connectivity index (χ2v) is 4.59. The first-order valence-electron chi connectivity index (χ1n) is 6.27. The Hall–Kier alpha value is -1.82. The molecule has 0 heteroatoms. The van der Waals surface area contributed by atoms with E-state index in [4.69, 9.17) is 0 Å². The van der Waals surface area contributed by atoms with E-state index in [0.29, 0.717) is 0 Å². The molecule has 1 aliphatic carbocycles. The molecule has 0 amide bonds. The Bertz CT molecular complexity index is 535. The molecule has 0 N–H and O–H groups in total. The summed E-state index contributed by atoms with van der Waals surface area (Å²) in [6.45, 7) is 0. The average molecular weight is 220 g/mol. The Balaban J connectivity index is 2.05. The quantitative estimate of drug-likeness (QED) is 0.660. The molecule has 84 valence electrons. The summed E-state index contributed by atoms with van der Waals surface area (Å²) in [4.78, 5) is 0. The molecule has 0 bridgehead atoms. The van der Waals surface area contributed by atoms with Gasteiger partial charge in [0.1, 0.15) is 0 Å². The summed E-state index contributed by atoms with van der Waals surface area (Å²) in [5.41, 5.74) is 5.71. The van der Waals surface area contributed by atoms with Crippen molar-refractivity contribution in [1.29, 1.82) is 0 Å². The van der Waals surface area contributed by atoms with Crippen molar-refractivity contribution in [2.75, 3.05) is 0 Å². The van der Waals surface area contributed by atoms with E-state index in [0.717, 1.165) is 0 Å². The van der Waals surface area contributed by atoms with Crippen LogP contribution in [0.2, 0.25) is 0 Å². The predicted molar refractivity (Wildman–Crippen MR) is 73.7 cm³/mol. The fourth-order valence-corrected chi connectivity index (χ4v) is 2.51. The lowest BCUT2D eigenvalue weighted by Gasteiger charge is -2.04. The Morgan fingerprint density at radius 2 is 1.47 bits per heavy atom. The fraction of sp³-hybridized carbons (Fsp3) is 0.176. The van der Waals surface area contributed by atoms with Gasteiger partial charge in [-0.3, -0.25) is 0 Å². The highest BCUT2D eigenvalue weighted by Gasteiger charge is 2.09. The third-order valence-corrected chi connectivity index (χ3v) is 3.42. The normalized spacial score (nSPS) is 14.7. The number of benzene rings is 2. The maximum Gasteiger partial charge on any atom is -0.0222 e. The summed E-state index contributed by atoms with van der Waals surface area (Å²) in [5, 5.41) is 0. The first-order valence-corrected chi connectivity index (χ1v) is 6.27. The second kappa shape index (κ2) is 4.58. The van der Waals surface area contributed by atoms with Crippen molar-refractivity contribution in [3.8, 4) is 0 Å². The Morgan fingerprint density at radius 3 is 2.35 bits per heavy atom. The van der Waals surface area contributed by atoms with Gasteiger partial charge in [-0.25, -0.2) is 0 Å². The molecule has 1 aliphatic rings. The number of hydrogen-bond acceptors (Lipinski definition) is 0. The van der Waals surface area contributed by atoms with Crippen molar-refractivity contribution in [2.45, 2.75) is 19.3 Å². The molecule has 0 heterocycles. The maximum absolute atomic E-state index is 2.36. The summed E-state index contributed by atoms with van der Waals surface area (Å²) in [6.07, 6.45) is 5.98. The van der Waals surface area contributed by atoms with Gasteiger partial charge in [0.2, 0.25) is 0 Å². The molecule has 0 aromatic heterocycles. The van der Waals surface area contributed by atoms with Gasteiger partial charge < -0.3 is 0 Å². The lowest BCUT2D eigenvalue weighted by molar-refractivity contribution is 0.860. The van der Waals surface area contributed by atoms with E-state index < -0.39 is 0 Å². The van der Waals surface area contributed by atoms with Gasteiger partial charge >= 0.3 is 0 Å². The highest BCUT2D eigenvalue weighted by Crippen LogP contribution is 2.28. The number of allylic oxidation sites excluding steroid dienone is 1. The highest BCUT2D eigenvalue weighted by molar-refractivity contribution is 5.82. The lowest BCUT2D eigenvalue weighted by Crippen LogP contribution is -1.85. The molecule has 0 atom stereocenters. The lowest BCUT2D eigenvalue weighted by atomic mass is 10.0. The van der Waals surface area contributed by atoms with Crippen LogP contribution in [0.4, 0.5) is 0 Å². The van der Waals surface area contributed by atoms with Gasteiger partial charge in [-0.2, -0.15) is 0 Å². The van der Waals surface area contributed by atoms with Crippen molar-refractivity contribution >= 4 is 11.6 Å². The van der Waals surface area contributed by atoms with Crippen LogP contribution in [0.15, 0.2) is 54.6 Å². The number of rotatable bonds is 1. The molecule has 0 spiro atoms. The summed E-state index contributed by atoms with van der Waals surface area (Å²) >= 11 is 0. The van der Waals surface area contributed by atoms with E-state index in [2.05, 4.69) is 60.7 Å². The van der Waals surface area contributed by atoms with Gasteiger partial charge in [0.05, 0.1) is 0 Å². The Morgan fingerprint density at radius 1 is 0.706 bits per heavy atom. The van der Waals surface area contributed by atoms with Gasteiger partial charge in [-0.15, -0.1) is 0 Å². The molecular weight excluding hydrogens is 204 g/mol. The van der Waals surface area contributed by atoms with E-state index in [-0.39, 0.29) is 0 Å². The van der Waals surface area contributed by atoms with Crippen molar-refractivity contribution < 1.29 is 0 Å². The molecule has 2 aromatic rings. The summed E-state index contributed by atoms with van der Waals surface area (Å²) in [6, 6.07) is 19.5. The third kappa shape index (κ3) is 2.16. The van der Waals surface area contributed by atoms with Crippen LogP contribution in [-0.2, 0) is 6.42 Å². The highest BCUT2D eigenvalue weighted by atomic mass is 14.1. The molecule has 0 radical (unpaired) electrons. The summed E-state index contributed by atoms with van der Waals surface area (Å²) in [5.74, 6) is 0. The molecule has 0 fully saturated rings. The fourth-order valence-electron chi connectivity index (χ4n) is 2.51. The first kappa shape index (κ1) is 10.3. The van der Waals surface area contributed by atoms with Crippen LogP contribution >= 0.6 is 0 Å². The van der Waals surface area contributed by atoms with Crippen molar-refractivity contribution in [2.24, 2.45) is 0 Å². The zero-order valence-corrected chi connectivity index (χ0v) is 9.89. The standard InChI is InChI=1S/C17H16/c1-2-7-14(8-3-1)17-12-6-11-15-9-4-5-10-16(15)13-17/h1-5,7-10,13H,6,11-12H2. The van der Waals surface area contributed by atoms with E-state index >= 15 is 0 Å². The first-order chi connectivity index (χ1) is 8.43. The molecule has 0 saturated heterocycles. The monoisotopic (exact) mass is 220 g/mol. The molecule has 0 nitrogen and oxygen atoms in total. The molecule has 0 saturated carbocycles. The van der Waals surface area contributed by atoms with Crippen LogP contribution in [-0.4, -0.2) is 0 Å². The largest absolute Gasteiger partial charge is 0.0622 e. The topological polar surface area (TPSA) is 0 Å². The molecule has 0 unspecified atom stereocenters. The average Bonchev–Trinajstić information content (AvgIpc) is 2.62. The third-order valence-electron chi connectivity index (χ3n) is 3.42. The van der Waals surface area contributed by atoms with Gasteiger partial charge in [-0.1, -0.05) is 60.7 Å².